The first-order valence-corrected chi connectivity index (χ1v) is 7.78. The van der Waals surface area contributed by atoms with Gasteiger partial charge in [-0.05, 0) is 43.3 Å². The second-order valence-electron chi connectivity index (χ2n) is 5.23. The van der Waals surface area contributed by atoms with Crippen LogP contribution in [0.1, 0.15) is 6.92 Å². The normalized spacial score (nSPS) is 11.0. The van der Waals surface area contributed by atoms with E-state index >= 15 is 0 Å². The van der Waals surface area contributed by atoms with Gasteiger partial charge in [-0.1, -0.05) is 5.16 Å². The van der Waals surface area contributed by atoms with Crippen LogP contribution in [0.3, 0.4) is 0 Å². The molecule has 3 heterocycles. The van der Waals surface area contributed by atoms with E-state index in [2.05, 4.69) is 15.1 Å². The zero-order chi connectivity index (χ0) is 17.2. The van der Waals surface area contributed by atoms with Crippen LogP contribution >= 0.6 is 0 Å². The minimum Gasteiger partial charge on any atom is -0.497 e. The van der Waals surface area contributed by atoms with E-state index in [0.29, 0.717) is 35.5 Å². The van der Waals surface area contributed by atoms with Gasteiger partial charge in [-0.15, -0.1) is 0 Å². The first-order chi connectivity index (χ1) is 12.3. The van der Waals surface area contributed by atoms with E-state index in [-0.39, 0.29) is 0 Å². The van der Waals surface area contributed by atoms with Gasteiger partial charge in [0.2, 0.25) is 11.7 Å². The van der Waals surface area contributed by atoms with Crippen LogP contribution in [0.2, 0.25) is 0 Å². The summed E-state index contributed by atoms with van der Waals surface area (Å²) in [4.78, 5) is 8.96. The smallest absolute Gasteiger partial charge is 0.293 e. The predicted octanol–water partition coefficient (Wildman–Crippen LogP) is 3.95. The maximum absolute atomic E-state index is 5.67. The fourth-order valence-corrected chi connectivity index (χ4v) is 2.50. The summed E-state index contributed by atoms with van der Waals surface area (Å²) >= 11 is 0. The second-order valence-corrected chi connectivity index (χ2v) is 5.23. The Morgan fingerprint density at radius 1 is 1.12 bits per heavy atom. The van der Waals surface area contributed by atoms with E-state index in [1.165, 1.54) is 0 Å². The number of methoxy groups -OCH3 is 1. The molecule has 7 heteroatoms. The number of benzene rings is 1. The summed E-state index contributed by atoms with van der Waals surface area (Å²) < 4.78 is 21.5. The van der Waals surface area contributed by atoms with Crippen molar-refractivity contribution < 1.29 is 18.4 Å². The average Bonchev–Trinajstić information content (AvgIpc) is 3.32. The fourth-order valence-electron chi connectivity index (χ4n) is 2.50. The lowest BCUT2D eigenvalue weighted by atomic mass is 10.1. The molecule has 0 radical (unpaired) electrons. The maximum Gasteiger partial charge on any atom is 0.293 e. The van der Waals surface area contributed by atoms with Gasteiger partial charge in [0, 0.05) is 5.39 Å². The summed E-state index contributed by atoms with van der Waals surface area (Å²) in [6.45, 7) is 2.37. The molecule has 0 unspecified atom stereocenters. The number of fused-ring (bicyclic) bond motifs is 1. The Balaban J connectivity index is 1.85. The summed E-state index contributed by atoms with van der Waals surface area (Å²) in [7, 11) is 1.62. The highest BCUT2D eigenvalue weighted by Crippen LogP contribution is 2.32. The Kier molecular flexibility index (Phi) is 3.81. The van der Waals surface area contributed by atoms with Gasteiger partial charge < -0.3 is 18.4 Å². The number of furan rings is 1. The lowest BCUT2D eigenvalue weighted by Gasteiger charge is -2.09. The van der Waals surface area contributed by atoms with Crippen LogP contribution in [0.15, 0.2) is 51.6 Å². The molecule has 0 N–H and O–H groups in total. The van der Waals surface area contributed by atoms with E-state index in [4.69, 9.17) is 18.4 Å². The SMILES string of the molecule is CCOc1nc2ccc(OC)cc2cc1-c1noc(-c2ccco2)n1. The van der Waals surface area contributed by atoms with E-state index in [0.717, 1.165) is 16.7 Å². The van der Waals surface area contributed by atoms with Gasteiger partial charge >= 0.3 is 0 Å². The zero-order valence-corrected chi connectivity index (χ0v) is 13.7. The number of hydrogen-bond acceptors (Lipinski definition) is 7. The van der Waals surface area contributed by atoms with Crippen LogP contribution in [0.4, 0.5) is 0 Å². The van der Waals surface area contributed by atoms with E-state index < -0.39 is 0 Å². The minimum atomic E-state index is 0.299. The molecule has 126 valence electrons. The molecule has 1 aromatic carbocycles. The van der Waals surface area contributed by atoms with E-state index in [9.17, 15) is 0 Å². The molecule has 0 aliphatic rings. The second kappa shape index (κ2) is 6.27. The van der Waals surface area contributed by atoms with Crippen molar-refractivity contribution in [3.8, 4) is 34.7 Å². The van der Waals surface area contributed by atoms with Crippen molar-refractivity contribution in [2.75, 3.05) is 13.7 Å². The predicted molar refractivity (Wildman–Crippen MR) is 90.5 cm³/mol. The van der Waals surface area contributed by atoms with Crippen molar-refractivity contribution in [3.63, 3.8) is 0 Å². The molecule has 0 aliphatic carbocycles. The van der Waals surface area contributed by atoms with Gasteiger partial charge in [-0.3, -0.25) is 0 Å². The molecule has 4 rings (SSSR count). The average molecular weight is 337 g/mol. The summed E-state index contributed by atoms with van der Waals surface area (Å²) in [6, 6.07) is 11.1. The van der Waals surface area contributed by atoms with Crippen LogP contribution in [-0.2, 0) is 0 Å². The molecule has 0 amide bonds. The molecule has 0 aliphatic heterocycles. The number of aromatic nitrogens is 3. The third-order valence-corrected chi connectivity index (χ3v) is 3.67. The Labute approximate surface area is 143 Å². The molecular weight excluding hydrogens is 322 g/mol. The van der Waals surface area contributed by atoms with E-state index in [1.807, 2.05) is 31.2 Å². The van der Waals surface area contributed by atoms with E-state index in [1.54, 1.807) is 25.5 Å². The third-order valence-electron chi connectivity index (χ3n) is 3.67. The standard InChI is InChI=1S/C18H15N3O4/c1-3-23-17-13(10-11-9-12(22-2)6-7-14(11)19-17)16-20-18(25-21-16)15-5-4-8-24-15/h4-10H,3H2,1-2H3. The molecule has 0 atom stereocenters. The number of ether oxygens (including phenoxy) is 2. The van der Waals surface area contributed by atoms with Crippen LogP contribution in [0.25, 0.3) is 33.9 Å². The summed E-state index contributed by atoms with van der Waals surface area (Å²) in [5, 5.41) is 4.93. The Hall–Kier alpha value is -3.35. The highest BCUT2D eigenvalue weighted by molar-refractivity contribution is 5.86. The molecular formula is C18H15N3O4. The Morgan fingerprint density at radius 2 is 2.04 bits per heavy atom. The summed E-state index contributed by atoms with van der Waals surface area (Å²) in [6.07, 6.45) is 1.55. The molecule has 0 saturated carbocycles. The Bertz CT molecular complexity index is 1010. The minimum absolute atomic E-state index is 0.299. The van der Waals surface area contributed by atoms with Gasteiger partial charge in [0.1, 0.15) is 5.75 Å². The lowest BCUT2D eigenvalue weighted by molar-refractivity contribution is 0.329. The first kappa shape index (κ1) is 15.2. The monoisotopic (exact) mass is 337 g/mol. The van der Waals surface area contributed by atoms with Gasteiger partial charge in [-0.2, -0.15) is 4.98 Å². The highest BCUT2D eigenvalue weighted by Gasteiger charge is 2.18. The number of nitrogens with zero attached hydrogens (tertiary/aromatic N) is 3. The molecule has 7 nitrogen and oxygen atoms in total. The summed E-state index contributed by atoms with van der Waals surface area (Å²) in [5.74, 6) is 2.38. The number of hydrogen-bond donors (Lipinski definition) is 0. The summed E-state index contributed by atoms with van der Waals surface area (Å²) in [5.41, 5.74) is 1.44. The first-order valence-electron chi connectivity index (χ1n) is 7.78. The topological polar surface area (TPSA) is 83.4 Å². The maximum atomic E-state index is 5.67. The number of rotatable bonds is 5. The van der Waals surface area contributed by atoms with Crippen LogP contribution in [0.5, 0.6) is 11.6 Å². The molecule has 0 bridgehead atoms. The molecule has 0 spiro atoms. The molecule has 3 aromatic heterocycles. The van der Waals surface area contributed by atoms with Gasteiger partial charge in [0.15, 0.2) is 5.76 Å². The molecule has 25 heavy (non-hydrogen) atoms. The van der Waals surface area contributed by atoms with Crippen molar-refractivity contribution in [2.24, 2.45) is 0 Å². The van der Waals surface area contributed by atoms with Crippen LogP contribution in [-0.4, -0.2) is 28.8 Å². The van der Waals surface area contributed by atoms with Crippen LogP contribution < -0.4 is 9.47 Å². The van der Waals surface area contributed by atoms with Gasteiger partial charge in [0.05, 0.1) is 31.1 Å². The van der Waals surface area contributed by atoms with Crippen molar-refractivity contribution in [3.05, 3.63) is 42.7 Å². The van der Waals surface area contributed by atoms with Crippen LogP contribution in [0, 0.1) is 0 Å². The highest BCUT2D eigenvalue weighted by atomic mass is 16.5. The largest absolute Gasteiger partial charge is 0.497 e. The molecule has 0 fully saturated rings. The third kappa shape index (κ3) is 2.80. The molecule has 4 aromatic rings. The zero-order valence-electron chi connectivity index (χ0n) is 13.7. The lowest BCUT2D eigenvalue weighted by Crippen LogP contribution is -1.98. The fraction of sp³-hybridized carbons (Fsp3) is 0.167. The van der Waals surface area contributed by atoms with Gasteiger partial charge in [-0.25, -0.2) is 4.98 Å². The Morgan fingerprint density at radius 3 is 2.80 bits per heavy atom. The number of pyridine rings is 1. The van der Waals surface area contributed by atoms with Crippen molar-refractivity contribution in [1.82, 2.24) is 15.1 Å². The van der Waals surface area contributed by atoms with Gasteiger partial charge in [0.25, 0.3) is 5.89 Å². The van der Waals surface area contributed by atoms with Crippen molar-refractivity contribution in [1.29, 1.82) is 0 Å². The molecule has 0 saturated heterocycles. The van der Waals surface area contributed by atoms with Crippen molar-refractivity contribution in [2.45, 2.75) is 6.92 Å². The van der Waals surface area contributed by atoms with Crippen molar-refractivity contribution >= 4 is 10.9 Å². The quantitative estimate of drug-likeness (QED) is 0.545.